The summed E-state index contributed by atoms with van der Waals surface area (Å²) in [6.07, 6.45) is 4.11. The third kappa shape index (κ3) is 4.08. The number of aryl methyl sites for hydroxylation is 3. The van der Waals surface area contributed by atoms with Gasteiger partial charge in [0.1, 0.15) is 0 Å². The number of hydrogen-bond donors (Lipinski definition) is 1. The summed E-state index contributed by atoms with van der Waals surface area (Å²) in [5, 5.41) is 6.28. The summed E-state index contributed by atoms with van der Waals surface area (Å²) < 4.78 is 3.43. The lowest BCUT2D eigenvalue weighted by molar-refractivity contribution is 0.198. The van der Waals surface area contributed by atoms with E-state index in [-0.39, 0.29) is 5.69 Å². The molecule has 4 heterocycles. The second-order valence-electron chi connectivity index (χ2n) is 8.68. The van der Waals surface area contributed by atoms with Gasteiger partial charge in [0.2, 0.25) is 0 Å². The molecule has 1 N–H and O–H groups in total. The van der Waals surface area contributed by atoms with Crippen LogP contribution in [0.3, 0.4) is 0 Å². The Morgan fingerprint density at radius 1 is 1.16 bits per heavy atom. The van der Waals surface area contributed by atoms with E-state index in [1.165, 1.54) is 5.56 Å². The van der Waals surface area contributed by atoms with Crippen molar-refractivity contribution in [3.05, 3.63) is 69.3 Å². The van der Waals surface area contributed by atoms with Crippen LogP contribution in [0.15, 0.2) is 46.7 Å². The number of nitrogens with zero attached hydrogens (tertiary/aromatic N) is 5. The van der Waals surface area contributed by atoms with Gasteiger partial charge in [-0.15, -0.1) is 11.3 Å². The molecule has 1 saturated heterocycles. The Morgan fingerprint density at radius 2 is 2.00 bits per heavy atom. The first-order valence-corrected chi connectivity index (χ1v) is 11.9. The normalized spacial score (nSPS) is 17.2. The summed E-state index contributed by atoms with van der Waals surface area (Å²) in [5.74, 6) is 0.408. The molecule has 32 heavy (non-hydrogen) atoms. The zero-order valence-corrected chi connectivity index (χ0v) is 19.5. The van der Waals surface area contributed by atoms with Gasteiger partial charge in [-0.1, -0.05) is 6.07 Å². The zero-order valence-electron chi connectivity index (χ0n) is 18.7. The first-order valence-electron chi connectivity index (χ1n) is 11.0. The van der Waals surface area contributed by atoms with E-state index in [0.717, 1.165) is 65.7 Å². The molecule has 5 rings (SSSR count). The van der Waals surface area contributed by atoms with E-state index in [2.05, 4.69) is 52.5 Å². The highest BCUT2D eigenvalue weighted by Crippen LogP contribution is 2.30. The van der Waals surface area contributed by atoms with Gasteiger partial charge in [-0.2, -0.15) is 0 Å². The van der Waals surface area contributed by atoms with Crippen molar-refractivity contribution in [2.75, 3.05) is 18.4 Å². The fourth-order valence-corrected chi connectivity index (χ4v) is 5.28. The number of benzene rings is 1. The number of rotatable bonds is 5. The number of aromatic nitrogens is 4. The van der Waals surface area contributed by atoms with Crippen molar-refractivity contribution in [1.29, 1.82) is 0 Å². The molecule has 0 saturated carbocycles. The molecule has 1 atom stereocenters. The Morgan fingerprint density at radius 3 is 2.81 bits per heavy atom. The molecule has 1 unspecified atom stereocenters. The number of nitrogens with one attached hydrogen (secondary N) is 1. The van der Waals surface area contributed by atoms with Crippen LogP contribution in [-0.2, 0) is 20.6 Å². The molecule has 7 nitrogen and oxygen atoms in total. The lowest BCUT2D eigenvalue weighted by Gasteiger charge is -2.32. The van der Waals surface area contributed by atoms with Crippen LogP contribution >= 0.6 is 11.3 Å². The zero-order chi connectivity index (χ0) is 22.2. The molecular formula is C24H28N6OS. The van der Waals surface area contributed by atoms with Crippen molar-refractivity contribution in [3.8, 4) is 0 Å². The van der Waals surface area contributed by atoms with E-state index in [1.54, 1.807) is 20.5 Å². The number of piperidine rings is 1. The van der Waals surface area contributed by atoms with Gasteiger partial charge in [0, 0.05) is 61.8 Å². The van der Waals surface area contributed by atoms with Crippen molar-refractivity contribution < 1.29 is 0 Å². The van der Waals surface area contributed by atoms with Crippen LogP contribution in [0.1, 0.15) is 35.7 Å². The molecular weight excluding hydrogens is 420 g/mol. The highest BCUT2D eigenvalue weighted by molar-refractivity contribution is 7.13. The number of pyridine rings is 1. The number of fused-ring (bicyclic) bond motifs is 1. The Labute approximate surface area is 191 Å². The topological polar surface area (TPSA) is 68.0 Å². The van der Waals surface area contributed by atoms with E-state index in [9.17, 15) is 4.79 Å². The van der Waals surface area contributed by atoms with Gasteiger partial charge < -0.3 is 5.32 Å². The highest BCUT2D eigenvalue weighted by Gasteiger charge is 2.23. The van der Waals surface area contributed by atoms with E-state index < -0.39 is 0 Å². The first-order chi connectivity index (χ1) is 15.5. The Bertz CT molecular complexity index is 1310. The second kappa shape index (κ2) is 8.52. The Balaban J connectivity index is 1.34. The summed E-state index contributed by atoms with van der Waals surface area (Å²) in [6, 6.07) is 10.6. The van der Waals surface area contributed by atoms with Gasteiger partial charge >= 0.3 is 5.69 Å². The van der Waals surface area contributed by atoms with E-state index in [0.29, 0.717) is 5.92 Å². The van der Waals surface area contributed by atoms with Crippen LogP contribution in [0.4, 0.5) is 10.8 Å². The number of imidazole rings is 1. The van der Waals surface area contributed by atoms with Crippen molar-refractivity contribution in [3.63, 3.8) is 0 Å². The minimum absolute atomic E-state index is 0.0165. The van der Waals surface area contributed by atoms with Crippen molar-refractivity contribution in [1.82, 2.24) is 24.0 Å². The lowest BCUT2D eigenvalue weighted by atomic mass is 9.93. The smallest absolute Gasteiger partial charge is 0.328 e. The van der Waals surface area contributed by atoms with E-state index in [4.69, 9.17) is 4.98 Å². The van der Waals surface area contributed by atoms with Gasteiger partial charge in [0.25, 0.3) is 0 Å². The van der Waals surface area contributed by atoms with Gasteiger partial charge in [-0.3, -0.25) is 19.0 Å². The average Bonchev–Trinajstić information content (AvgIpc) is 3.37. The predicted octanol–water partition coefficient (Wildman–Crippen LogP) is 4.16. The summed E-state index contributed by atoms with van der Waals surface area (Å²) in [5.41, 5.74) is 6.44. The maximum Gasteiger partial charge on any atom is 0.328 e. The summed E-state index contributed by atoms with van der Waals surface area (Å²) >= 11 is 1.60. The number of likely N-dealkylation sites (tertiary alicyclic amines) is 1. The summed E-state index contributed by atoms with van der Waals surface area (Å²) in [6.45, 7) is 5.00. The molecule has 1 fully saturated rings. The summed E-state index contributed by atoms with van der Waals surface area (Å²) in [7, 11) is 3.66. The van der Waals surface area contributed by atoms with Crippen molar-refractivity contribution >= 4 is 33.2 Å². The van der Waals surface area contributed by atoms with E-state index in [1.807, 2.05) is 25.7 Å². The SMILES string of the molecule is Cc1cc(Nc2nccs2)cc(C2CCCN(Cc3ccc4c(c3)n(C)c(=O)n4C)C2)n1. The molecule has 0 aliphatic carbocycles. The van der Waals surface area contributed by atoms with Crippen LogP contribution in [-0.4, -0.2) is 37.1 Å². The predicted molar refractivity (Wildman–Crippen MR) is 130 cm³/mol. The molecule has 4 aromatic rings. The van der Waals surface area contributed by atoms with Gasteiger partial charge in [0.15, 0.2) is 5.13 Å². The van der Waals surface area contributed by atoms with Crippen molar-refractivity contribution in [2.45, 2.75) is 32.2 Å². The van der Waals surface area contributed by atoms with Crippen LogP contribution in [0, 0.1) is 6.92 Å². The molecule has 8 heteroatoms. The van der Waals surface area contributed by atoms with Crippen LogP contribution < -0.4 is 11.0 Å². The fraction of sp³-hybridized carbons (Fsp3) is 0.375. The van der Waals surface area contributed by atoms with Crippen molar-refractivity contribution in [2.24, 2.45) is 14.1 Å². The quantitative estimate of drug-likeness (QED) is 0.497. The standard InChI is InChI=1S/C24H28N6OS/c1-16-11-19(27-23-25-8-10-32-23)13-20(26-16)18-5-4-9-30(15-18)14-17-6-7-21-22(12-17)29(3)24(31)28(21)2/h6-8,10-13,18H,4-5,9,14-15H2,1-3H3,(H,25,26,27). The van der Waals surface area contributed by atoms with Gasteiger partial charge in [0.05, 0.1) is 11.0 Å². The van der Waals surface area contributed by atoms with Crippen LogP contribution in [0.25, 0.3) is 11.0 Å². The second-order valence-corrected chi connectivity index (χ2v) is 9.58. The van der Waals surface area contributed by atoms with E-state index >= 15 is 0 Å². The monoisotopic (exact) mass is 448 g/mol. The lowest BCUT2D eigenvalue weighted by Crippen LogP contribution is -2.34. The third-order valence-electron chi connectivity index (χ3n) is 6.32. The van der Waals surface area contributed by atoms with Crippen LogP contribution in [0.5, 0.6) is 0 Å². The van der Waals surface area contributed by atoms with Crippen LogP contribution in [0.2, 0.25) is 0 Å². The number of anilines is 2. The molecule has 3 aromatic heterocycles. The highest BCUT2D eigenvalue weighted by atomic mass is 32.1. The first kappa shape index (κ1) is 20.9. The maximum absolute atomic E-state index is 12.2. The minimum atomic E-state index is 0.0165. The molecule has 0 amide bonds. The molecule has 0 spiro atoms. The minimum Gasteiger partial charge on any atom is -0.331 e. The molecule has 1 aliphatic rings. The van der Waals surface area contributed by atoms with Gasteiger partial charge in [-0.05, 0) is 56.1 Å². The average molecular weight is 449 g/mol. The Hall–Kier alpha value is -2.97. The fourth-order valence-electron chi connectivity index (χ4n) is 4.73. The number of hydrogen-bond acceptors (Lipinski definition) is 6. The Kier molecular flexibility index (Phi) is 5.57. The molecule has 1 aliphatic heterocycles. The molecule has 0 bridgehead atoms. The molecule has 0 radical (unpaired) electrons. The number of thiazole rings is 1. The largest absolute Gasteiger partial charge is 0.331 e. The third-order valence-corrected chi connectivity index (χ3v) is 7.01. The maximum atomic E-state index is 12.2. The van der Waals surface area contributed by atoms with Gasteiger partial charge in [-0.25, -0.2) is 9.78 Å². The molecule has 1 aromatic carbocycles. The molecule has 166 valence electrons. The summed E-state index contributed by atoms with van der Waals surface area (Å²) in [4.78, 5) is 24.0.